The van der Waals surface area contributed by atoms with E-state index in [1.165, 1.54) is 6.92 Å². The monoisotopic (exact) mass is 351 g/mol. The van der Waals surface area contributed by atoms with Gasteiger partial charge in [0.1, 0.15) is 5.58 Å². The zero-order valence-electron chi connectivity index (χ0n) is 14.4. The quantitative estimate of drug-likeness (QED) is 0.559. The van der Waals surface area contributed by atoms with Crippen LogP contribution in [0.5, 0.6) is 0 Å². The largest absolute Gasteiger partial charge is 0.450 e. The molecular formula is C20H17NO5. The van der Waals surface area contributed by atoms with Crippen molar-refractivity contribution in [3.05, 3.63) is 65.4 Å². The fourth-order valence-corrected chi connectivity index (χ4v) is 2.65. The number of rotatable bonds is 5. The zero-order chi connectivity index (χ0) is 18.7. The average Bonchev–Trinajstić information content (AvgIpc) is 2.97. The van der Waals surface area contributed by atoms with Crippen molar-refractivity contribution in [3.63, 3.8) is 0 Å². The number of furan rings is 1. The molecule has 1 amide bonds. The van der Waals surface area contributed by atoms with Crippen molar-refractivity contribution in [1.82, 2.24) is 0 Å². The number of hydrogen-bond acceptors (Lipinski definition) is 5. The van der Waals surface area contributed by atoms with Crippen molar-refractivity contribution in [2.75, 3.05) is 11.9 Å². The summed E-state index contributed by atoms with van der Waals surface area (Å²) in [6.45, 7) is 2.68. The molecule has 0 radical (unpaired) electrons. The van der Waals surface area contributed by atoms with Gasteiger partial charge in [-0.15, -0.1) is 0 Å². The number of ether oxygens (including phenoxy) is 1. The number of fused-ring (bicyclic) bond motifs is 1. The van der Waals surface area contributed by atoms with Crippen LogP contribution in [0, 0.1) is 6.92 Å². The van der Waals surface area contributed by atoms with Gasteiger partial charge in [0.05, 0.1) is 5.69 Å². The first-order chi connectivity index (χ1) is 12.5. The third-order valence-electron chi connectivity index (χ3n) is 3.94. The fourth-order valence-electron chi connectivity index (χ4n) is 2.65. The standard InChI is InChI=1S/C20H17NO5/c1-12-14-7-4-6-10-17(14)26-19(12)20(24)25-11-18(23)21-16-9-5-3-8-15(16)13(2)22/h3-10H,11H2,1-2H3,(H,21,23). The molecule has 0 aliphatic carbocycles. The number of nitrogens with one attached hydrogen (secondary N) is 1. The van der Waals surface area contributed by atoms with Gasteiger partial charge in [-0.3, -0.25) is 9.59 Å². The highest BCUT2D eigenvalue weighted by Gasteiger charge is 2.20. The molecule has 0 unspecified atom stereocenters. The topological polar surface area (TPSA) is 85.6 Å². The summed E-state index contributed by atoms with van der Waals surface area (Å²) in [7, 11) is 0. The number of ketones is 1. The molecule has 0 saturated carbocycles. The van der Waals surface area contributed by atoms with Crippen molar-refractivity contribution in [2.24, 2.45) is 0 Å². The van der Waals surface area contributed by atoms with Crippen LogP contribution >= 0.6 is 0 Å². The number of carbonyl (C=O) groups excluding carboxylic acids is 3. The van der Waals surface area contributed by atoms with Crippen LogP contribution in [0.25, 0.3) is 11.0 Å². The molecule has 6 heteroatoms. The minimum atomic E-state index is -0.714. The van der Waals surface area contributed by atoms with E-state index in [9.17, 15) is 14.4 Å². The summed E-state index contributed by atoms with van der Waals surface area (Å²) < 4.78 is 10.6. The van der Waals surface area contributed by atoms with E-state index in [4.69, 9.17) is 9.15 Å². The lowest BCUT2D eigenvalue weighted by Crippen LogP contribution is -2.22. The predicted octanol–water partition coefficient (Wildman–Crippen LogP) is 3.74. The summed E-state index contributed by atoms with van der Waals surface area (Å²) in [4.78, 5) is 35.8. The van der Waals surface area contributed by atoms with Gasteiger partial charge >= 0.3 is 5.97 Å². The van der Waals surface area contributed by atoms with E-state index in [1.807, 2.05) is 12.1 Å². The molecule has 26 heavy (non-hydrogen) atoms. The maximum Gasteiger partial charge on any atom is 0.375 e. The van der Waals surface area contributed by atoms with E-state index < -0.39 is 18.5 Å². The Morgan fingerprint density at radius 1 is 1.04 bits per heavy atom. The Labute approximate surface area is 149 Å². The van der Waals surface area contributed by atoms with Crippen molar-refractivity contribution < 1.29 is 23.5 Å². The van der Waals surface area contributed by atoms with Crippen molar-refractivity contribution in [3.8, 4) is 0 Å². The molecule has 0 saturated heterocycles. The number of aryl methyl sites for hydroxylation is 1. The van der Waals surface area contributed by atoms with Crippen LogP contribution in [0.1, 0.15) is 33.4 Å². The van der Waals surface area contributed by atoms with E-state index >= 15 is 0 Å². The Hall–Kier alpha value is -3.41. The number of esters is 1. The number of Topliss-reactive ketones (excluding diaryl/α,β-unsaturated/α-hetero) is 1. The Morgan fingerprint density at radius 2 is 1.73 bits per heavy atom. The van der Waals surface area contributed by atoms with Crippen LogP contribution in [0.4, 0.5) is 5.69 Å². The molecule has 0 atom stereocenters. The molecule has 132 valence electrons. The zero-order valence-corrected chi connectivity index (χ0v) is 14.4. The van der Waals surface area contributed by atoms with Crippen LogP contribution in [0.3, 0.4) is 0 Å². The first-order valence-corrected chi connectivity index (χ1v) is 8.02. The first kappa shape index (κ1) is 17.4. The summed E-state index contributed by atoms with van der Waals surface area (Å²) in [6.07, 6.45) is 0. The Kier molecular flexibility index (Phi) is 4.84. The van der Waals surface area contributed by atoms with Crippen LogP contribution < -0.4 is 5.32 Å². The van der Waals surface area contributed by atoms with Crippen LogP contribution in [0.2, 0.25) is 0 Å². The lowest BCUT2D eigenvalue weighted by Gasteiger charge is -2.09. The smallest absolute Gasteiger partial charge is 0.375 e. The second-order valence-corrected chi connectivity index (χ2v) is 5.78. The molecule has 1 heterocycles. The van der Waals surface area contributed by atoms with E-state index in [2.05, 4.69) is 5.32 Å². The van der Waals surface area contributed by atoms with Crippen molar-refractivity contribution in [2.45, 2.75) is 13.8 Å². The average molecular weight is 351 g/mol. The van der Waals surface area contributed by atoms with Gasteiger partial charge in [-0.1, -0.05) is 30.3 Å². The summed E-state index contributed by atoms with van der Waals surface area (Å²) in [5.41, 5.74) is 2.01. The molecule has 2 aromatic carbocycles. The van der Waals surface area contributed by atoms with E-state index in [0.29, 0.717) is 22.4 Å². The summed E-state index contributed by atoms with van der Waals surface area (Å²) in [6, 6.07) is 13.9. The predicted molar refractivity (Wildman–Crippen MR) is 96.3 cm³/mol. The van der Waals surface area contributed by atoms with Crippen molar-refractivity contribution in [1.29, 1.82) is 0 Å². The number of amides is 1. The fraction of sp³-hybridized carbons (Fsp3) is 0.150. The number of hydrogen-bond donors (Lipinski definition) is 1. The molecule has 3 aromatic rings. The number of para-hydroxylation sites is 2. The van der Waals surface area contributed by atoms with Gasteiger partial charge < -0.3 is 14.5 Å². The van der Waals surface area contributed by atoms with Gasteiger partial charge in [0, 0.05) is 16.5 Å². The Balaban J connectivity index is 1.67. The van der Waals surface area contributed by atoms with Crippen molar-refractivity contribution >= 4 is 34.3 Å². The number of anilines is 1. The van der Waals surface area contributed by atoms with Gasteiger partial charge in [-0.05, 0) is 32.0 Å². The molecule has 1 aromatic heterocycles. The van der Waals surface area contributed by atoms with Crippen LogP contribution in [-0.2, 0) is 9.53 Å². The molecule has 0 bridgehead atoms. The maximum absolute atomic E-state index is 12.2. The third kappa shape index (κ3) is 3.49. The van der Waals surface area contributed by atoms with Gasteiger partial charge in [-0.2, -0.15) is 0 Å². The molecule has 0 aliphatic rings. The van der Waals surface area contributed by atoms with Gasteiger partial charge in [-0.25, -0.2) is 4.79 Å². The molecule has 0 spiro atoms. The van der Waals surface area contributed by atoms with Crippen LogP contribution in [-0.4, -0.2) is 24.3 Å². The minimum Gasteiger partial charge on any atom is -0.450 e. The first-order valence-electron chi connectivity index (χ1n) is 8.02. The summed E-state index contributed by atoms with van der Waals surface area (Å²) >= 11 is 0. The molecule has 3 rings (SSSR count). The highest BCUT2D eigenvalue weighted by atomic mass is 16.5. The number of benzene rings is 2. The van der Waals surface area contributed by atoms with E-state index in [1.54, 1.807) is 43.3 Å². The molecule has 0 fully saturated rings. The second kappa shape index (κ2) is 7.23. The Bertz CT molecular complexity index is 1000. The van der Waals surface area contributed by atoms with E-state index in [-0.39, 0.29) is 11.5 Å². The molecule has 6 nitrogen and oxygen atoms in total. The number of carbonyl (C=O) groups is 3. The second-order valence-electron chi connectivity index (χ2n) is 5.78. The normalized spacial score (nSPS) is 10.5. The molecule has 0 aliphatic heterocycles. The molecule has 1 N–H and O–H groups in total. The van der Waals surface area contributed by atoms with Gasteiger partial charge in [0.15, 0.2) is 12.4 Å². The lowest BCUT2D eigenvalue weighted by atomic mass is 10.1. The molecular weight excluding hydrogens is 334 g/mol. The highest BCUT2D eigenvalue weighted by molar-refractivity contribution is 6.04. The van der Waals surface area contributed by atoms with E-state index in [0.717, 1.165) is 5.39 Å². The van der Waals surface area contributed by atoms with Gasteiger partial charge in [0.2, 0.25) is 5.76 Å². The minimum absolute atomic E-state index is 0.0723. The Morgan fingerprint density at radius 3 is 2.46 bits per heavy atom. The third-order valence-corrected chi connectivity index (χ3v) is 3.94. The lowest BCUT2D eigenvalue weighted by molar-refractivity contribution is -0.119. The van der Waals surface area contributed by atoms with Crippen LogP contribution in [0.15, 0.2) is 52.9 Å². The maximum atomic E-state index is 12.2. The summed E-state index contributed by atoms with van der Waals surface area (Å²) in [5.74, 6) is -1.35. The highest BCUT2D eigenvalue weighted by Crippen LogP contribution is 2.25. The van der Waals surface area contributed by atoms with Gasteiger partial charge in [0.25, 0.3) is 5.91 Å². The summed E-state index contributed by atoms with van der Waals surface area (Å²) in [5, 5.41) is 3.39. The SMILES string of the molecule is CC(=O)c1ccccc1NC(=O)COC(=O)c1oc2ccccc2c1C.